The Morgan fingerprint density at radius 1 is 0.372 bits per heavy atom. The molecule has 520 valence electrons. The zero-order chi connectivity index (χ0) is 68.1. The van der Waals surface area contributed by atoms with E-state index in [2.05, 4.69) is 310 Å². The number of hydrogen-bond donors (Lipinski definition) is 0. The van der Waals surface area contributed by atoms with Gasteiger partial charge in [0.1, 0.15) is 0 Å². The van der Waals surface area contributed by atoms with Crippen LogP contribution in [-0.2, 0) is 48.3 Å². The number of allylic oxidation sites excluding steroid dienone is 2. The van der Waals surface area contributed by atoms with Crippen molar-refractivity contribution in [1.29, 1.82) is 0 Å². The summed E-state index contributed by atoms with van der Waals surface area (Å²) in [7, 11) is -4.63. The largest absolute Gasteiger partial charge is 1.00 e. The second kappa shape index (κ2) is 40.5. The summed E-state index contributed by atoms with van der Waals surface area (Å²) in [5, 5.41) is 0. The van der Waals surface area contributed by atoms with Crippen LogP contribution in [0, 0.1) is 13.8 Å². The van der Waals surface area contributed by atoms with Gasteiger partial charge in [-0.15, -0.1) is 0 Å². The first kappa shape index (κ1) is 102. The molecule has 4 nitrogen and oxygen atoms in total. The molecule has 6 rings (SSSR count). The van der Waals surface area contributed by atoms with Gasteiger partial charge in [-0.1, -0.05) is 254 Å². The van der Waals surface area contributed by atoms with E-state index in [-0.39, 0.29) is 130 Å². The Morgan fingerprint density at radius 2 is 0.574 bits per heavy atom. The van der Waals surface area contributed by atoms with Crippen LogP contribution in [0.25, 0.3) is 0 Å². The fraction of sp³-hybridized carbons (Fsp3) is 0.600. The van der Waals surface area contributed by atoms with Gasteiger partial charge in [0.05, 0.1) is 32.3 Å². The molecule has 4 aromatic carbocycles. The van der Waals surface area contributed by atoms with Crippen LogP contribution in [0.5, 0.6) is 0 Å². The first-order valence-electron chi connectivity index (χ1n) is 33.4. The van der Waals surface area contributed by atoms with Gasteiger partial charge in [0, 0.05) is 154 Å². The van der Waals surface area contributed by atoms with Crippen LogP contribution in [0.15, 0.2) is 120 Å². The van der Waals surface area contributed by atoms with Gasteiger partial charge in [-0.2, -0.15) is 0 Å². The minimum Gasteiger partial charge on any atom is -1.00 e. The monoisotopic (exact) mass is 1780 g/mol. The van der Waals surface area contributed by atoms with Crippen LogP contribution in [0.3, 0.4) is 0 Å². The molecule has 0 spiro atoms. The molecule has 2 aliphatic heterocycles. The van der Waals surface area contributed by atoms with Crippen molar-refractivity contribution in [3.8, 4) is 0 Å². The molecule has 2 heterocycles. The van der Waals surface area contributed by atoms with Crippen molar-refractivity contribution >= 4 is 113 Å². The molecule has 0 aliphatic carbocycles. The van der Waals surface area contributed by atoms with Crippen molar-refractivity contribution in [2.45, 2.75) is 181 Å². The van der Waals surface area contributed by atoms with Gasteiger partial charge in [0.2, 0.25) is 0 Å². The number of anilines is 2. The van der Waals surface area contributed by atoms with Gasteiger partial charge in [0.15, 0.2) is 0 Å². The second-order valence-corrected chi connectivity index (χ2v) is 77.8. The molecule has 0 fully saturated rings. The van der Waals surface area contributed by atoms with Gasteiger partial charge in [0.25, 0.3) is 14.3 Å². The number of nitrogens with zero attached hydrogens (tertiary/aromatic N) is 2. The molecule has 0 N–H and O–H groups in total. The van der Waals surface area contributed by atoms with Gasteiger partial charge in [-0.25, -0.2) is 0 Å². The molecule has 0 atom stereocenters. The summed E-state index contributed by atoms with van der Waals surface area (Å²) >= 11 is 0. The third-order valence-electron chi connectivity index (χ3n) is 19.5. The predicted octanol–water partition coefficient (Wildman–Crippen LogP) is 8.92. The first-order chi connectivity index (χ1) is 39.8. The van der Waals surface area contributed by atoms with E-state index in [4.69, 9.17) is 9.31 Å². The van der Waals surface area contributed by atoms with E-state index in [1.165, 1.54) is 59.1 Å². The summed E-state index contributed by atoms with van der Waals surface area (Å²) in [6.45, 7) is 85.0. The predicted molar refractivity (Wildman–Crippen MR) is 442 cm³/mol. The Bertz CT molecular complexity index is 2650. The van der Waals surface area contributed by atoms with E-state index in [0.29, 0.717) is 23.7 Å². The summed E-state index contributed by atoms with van der Waals surface area (Å²) < 4.78 is 13.8. The Morgan fingerprint density at radius 3 is 0.713 bits per heavy atom. The summed E-state index contributed by atoms with van der Waals surface area (Å²) in [6, 6.07) is 36.1. The SMILES string of the molecule is COB1N(c2c(C(C)C)cccc2C(C)C)C(BB([P+](C)(C)C)[P+](C)(C)C)=CC1([Si](C)(C)C)[Si](C)(C)C.COB1N(c2c(C(C)C)cccc2C(C)C)C(BB([P+](C)(C)C)[P+](C)(C)C)=CC1([Si](C)(C)C)[Si](C)(C)C.Cc1ccccc1.Cc1ccccc1.[Br-].[Br-].[Br-].[Br-].[Zn].[Zn]. The Labute approximate surface area is 660 Å². The van der Waals surface area contributed by atoms with Crippen LogP contribution in [0.4, 0.5) is 11.4 Å². The molecule has 0 amide bonds. The van der Waals surface area contributed by atoms with Crippen LogP contribution in [-0.4, -0.2) is 167 Å². The Balaban J connectivity index is -0.000000672. The average molecular weight is 1790 g/mol. The number of hydrogen-bond acceptors (Lipinski definition) is 4. The number of para-hydroxylation sites is 2. The van der Waals surface area contributed by atoms with Crippen molar-refractivity contribution in [2.24, 2.45) is 0 Å². The number of benzene rings is 4. The summed E-state index contributed by atoms with van der Waals surface area (Å²) in [5.74, 6) is 1.84. The number of halogens is 4. The zero-order valence-corrected chi connectivity index (χ0v) is 86.7. The first-order valence-corrected chi connectivity index (χ1v) is 60.2. The van der Waals surface area contributed by atoms with E-state index in [1.807, 2.05) is 50.6 Å². The van der Waals surface area contributed by atoms with E-state index in [1.54, 1.807) is 11.2 Å². The van der Waals surface area contributed by atoms with Gasteiger partial charge in [-0.3, -0.25) is 0 Å². The maximum atomic E-state index is 6.76. The molecule has 0 saturated heterocycles. The number of rotatable bonds is 20. The summed E-state index contributed by atoms with van der Waals surface area (Å²) in [6.07, 6.45) is 5.64. The minimum atomic E-state index is -1.71. The van der Waals surface area contributed by atoms with Crippen molar-refractivity contribution in [3.63, 3.8) is 0 Å². The van der Waals surface area contributed by atoms with Crippen molar-refractivity contribution in [2.75, 3.05) is 104 Å². The smallest absolute Gasteiger partial charge is 0.476 e. The van der Waals surface area contributed by atoms with Crippen LogP contribution in [0.1, 0.15) is 112 Å². The minimum absolute atomic E-state index is 0. The van der Waals surface area contributed by atoms with E-state index in [0.717, 1.165) is 12.1 Å². The van der Waals surface area contributed by atoms with E-state index >= 15 is 0 Å². The fourth-order valence-electron chi connectivity index (χ4n) is 15.7. The maximum Gasteiger partial charge on any atom is 0.476 e. The molecule has 0 aromatic heterocycles. The van der Waals surface area contributed by atoms with Gasteiger partial charge in [-0.05, 0) is 99.5 Å². The summed E-state index contributed by atoms with van der Waals surface area (Å²) in [5.41, 5.74) is 14.5. The topological polar surface area (TPSA) is 24.9 Å². The van der Waals surface area contributed by atoms with Crippen molar-refractivity contribution < 1.29 is 116 Å². The molecule has 0 bridgehead atoms. The fourth-order valence-corrected chi connectivity index (χ4v) is 59.6. The standard InChI is InChI=1S/2C28H58B3NOP2Si2.2C7H8.4BrH.2Zn/c2*1-22(2)24-19-18-20-25(23(3)4)27(24)32-26(29-31(34(6,7)8)35(9,10)11)21-28(30(32)33-5,36(12,13)14)37(15,16)17;2*1-7-5-3-2-4-6-7;;;;;;/h2*18-23,29H,1-17H3;2*2-6H,1H3;4*1H;;/q2*+2;;;;;;;;/p-4. The molecule has 2 aliphatic rings. The van der Waals surface area contributed by atoms with E-state index < -0.39 is 60.9 Å². The van der Waals surface area contributed by atoms with Crippen LogP contribution >= 0.6 is 28.6 Å². The van der Waals surface area contributed by atoms with Crippen molar-refractivity contribution in [1.82, 2.24) is 0 Å². The molecule has 0 saturated carbocycles. The third kappa shape index (κ3) is 25.1. The second-order valence-electron chi connectivity index (χ2n) is 35.3. The third-order valence-corrected chi connectivity index (χ3v) is 56.2. The van der Waals surface area contributed by atoms with Gasteiger partial charge < -0.3 is 86.9 Å². The molecular weight excluding hydrogens is 1650 g/mol. The molecule has 4 aromatic rings. The normalized spacial score (nSPS) is 14.8. The van der Waals surface area contributed by atoms with Gasteiger partial charge >= 0.3 is 26.2 Å². The summed E-state index contributed by atoms with van der Waals surface area (Å²) in [4.78, 5) is 5.53. The molecule has 0 unspecified atom stereocenters. The average Bonchev–Trinajstić information content (AvgIpc) is 1.54. The van der Waals surface area contributed by atoms with Crippen molar-refractivity contribution in [3.05, 3.63) is 154 Å². The maximum absolute atomic E-state index is 6.76. The zero-order valence-electron chi connectivity index (χ0n) is 66.9. The quantitative estimate of drug-likeness (QED) is 0.0653. The molecular formula is C70H132B6Br4N2O2P4Si4Zn2. The number of aryl methyl sites for hydroxylation is 2. The molecule has 0 radical (unpaired) electrons. The Hall–Kier alpha value is 2.02. The van der Waals surface area contributed by atoms with Crippen LogP contribution in [0.2, 0.25) is 87.7 Å². The molecule has 94 heavy (non-hydrogen) atoms. The Kier molecular flexibility index (Phi) is 44.1. The van der Waals surface area contributed by atoms with E-state index in [9.17, 15) is 0 Å². The molecule has 24 heteroatoms. The van der Waals surface area contributed by atoms with Crippen LogP contribution < -0.4 is 77.5 Å².